The Hall–Kier alpha value is -2.23. The first-order chi connectivity index (χ1) is 14.6. The van der Waals surface area contributed by atoms with Gasteiger partial charge in [-0.05, 0) is 25.0 Å². The molecular weight excluding hydrogens is 416 g/mol. The van der Waals surface area contributed by atoms with Crippen molar-refractivity contribution in [2.24, 2.45) is 0 Å². The number of para-hydroxylation sites is 1. The summed E-state index contributed by atoms with van der Waals surface area (Å²) >= 11 is 3.31. The number of nitrogens with two attached hydrogens (primary N) is 1. The van der Waals surface area contributed by atoms with Crippen LogP contribution in [0, 0.1) is 0 Å². The van der Waals surface area contributed by atoms with Gasteiger partial charge in [0.2, 0.25) is 5.91 Å². The van der Waals surface area contributed by atoms with Crippen molar-refractivity contribution in [3.05, 3.63) is 34.8 Å². The largest absolute Gasteiger partial charge is 0.375 e. The van der Waals surface area contributed by atoms with Crippen molar-refractivity contribution in [1.29, 1.82) is 0 Å². The lowest BCUT2D eigenvalue weighted by atomic mass is 9.97. The zero-order valence-corrected chi connectivity index (χ0v) is 18.5. The van der Waals surface area contributed by atoms with E-state index in [2.05, 4.69) is 38.3 Å². The van der Waals surface area contributed by atoms with Gasteiger partial charge in [0.1, 0.15) is 0 Å². The maximum Gasteiger partial charge on any atom is 0.221 e. The number of anilines is 2. The van der Waals surface area contributed by atoms with Crippen LogP contribution in [0.3, 0.4) is 0 Å². The van der Waals surface area contributed by atoms with E-state index < -0.39 is 0 Å². The van der Waals surface area contributed by atoms with Gasteiger partial charge in [-0.2, -0.15) is 0 Å². The Morgan fingerprint density at radius 3 is 2.83 bits per heavy atom. The topological polar surface area (TPSA) is 87.4 Å². The van der Waals surface area contributed by atoms with Gasteiger partial charge in [-0.15, -0.1) is 11.3 Å². The third-order valence-corrected chi connectivity index (χ3v) is 7.95. The van der Waals surface area contributed by atoms with Gasteiger partial charge in [0.15, 0.2) is 10.3 Å². The van der Waals surface area contributed by atoms with Crippen molar-refractivity contribution in [3.8, 4) is 0 Å². The number of benzene rings is 1. The predicted octanol–water partition coefficient (Wildman–Crippen LogP) is 2.52. The smallest absolute Gasteiger partial charge is 0.221 e. The number of carbonyl (C=O) groups excluding carboxylic acids is 1. The highest BCUT2D eigenvalue weighted by atomic mass is 32.1. The predicted molar refractivity (Wildman–Crippen MR) is 123 cm³/mol. The maximum absolute atomic E-state index is 12.5. The molecule has 30 heavy (non-hydrogen) atoms. The number of carbonyl (C=O) groups is 1. The van der Waals surface area contributed by atoms with Crippen molar-refractivity contribution in [1.82, 2.24) is 20.2 Å². The number of amides is 1. The van der Waals surface area contributed by atoms with E-state index in [-0.39, 0.29) is 11.9 Å². The first-order valence-electron chi connectivity index (χ1n) is 10.5. The SMILES string of the molecule is Nc1nc2c(s1)C[C@@H](NC(=O)CCN1CCN(c3nc4ccccc4s3)CC1)CC2. The Bertz CT molecular complexity index is 1010. The van der Waals surface area contributed by atoms with E-state index in [1.54, 1.807) is 22.7 Å². The molecule has 2 aromatic heterocycles. The number of thiazole rings is 2. The summed E-state index contributed by atoms with van der Waals surface area (Å²) in [5.74, 6) is 0.148. The first-order valence-corrected chi connectivity index (χ1v) is 12.1. The molecule has 0 spiro atoms. The molecule has 158 valence electrons. The second kappa shape index (κ2) is 8.49. The fraction of sp³-hybridized carbons (Fsp3) is 0.476. The number of nitrogens with zero attached hydrogens (tertiary/aromatic N) is 4. The number of nitrogens with one attached hydrogen (secondary N) is 1. The first kappa shape index (κ1) is 19.7. The van der Waals surface area contributed by atoms with E-state index in [1.165, 1.54) is 9.58 Å². The Morgan fingerprint density at radius 1 is 1.17 bits per heavy atom. The Kier molecular flexibility index (Phi) is 5.58. The zero-order chi connectivity index (χ0) is 20.5. The Labute approximate surface area is 183 Å². The van der Waals surface area contributed by atoms with Crippen LogP contribution in [0.4, 0.5) is 10.3 Å². The average Bonchev–Trinajstić information content (AvgIpc) is 3.35. The van der Waals surface area contributed by atoms with Crippen LogP contribution < -0.4 is 16.0 Å². The van der Waals surface area contributed by atoms with Crippen molar-refractivity contribution >= 4 is 49.1 Å². The summed E-state index contributed by atoms with van der Waals surface area (Å²) < 4.78 is 1.24. The standard InChI is InChI=1S/C21H26N6OS2/c22-20-24-16-6-5-14(13-18(16)29-20)23-19(28)7-8-26-9-11-27(12-10-26)21-25-15-3-1-2-4-17(15)30-21/h1-4,14H,5-13H2,(H2,22,24)(H,23,28)/t14-/m0/s1. The molecule has 3 N–H and O–H groups in total. The number of hydrogen-bond acceptors (Lipinski definition) is 8. The highest BCUT2D eigenvalue weighted by Crippen LogP contribution is 2.29. The average molecular weight is 443 g/mol. The van der Waals surface area contributed by atoms with Gasteiger partial charge in [-0.25, -0.2) is 9.97 Å². The molecule has 1 atom stereocenters. The van der Waals surface area contributed by atoms with Crippen LogP contribution in [0.15, 0.2) is 24.3 Å². The summed E-state index contributed by atoms with van der Waals surface area (Å²) in [7, 11) is 0. The van der Waals surface area contributed by atoms with E-state index in [0.29, 0.717) is 11.6 Å². The zero-order valence-electron chi connectivity index (χ0n) is 16.8. The minimum Gasteiger partial charge on any atom is -0.375 e. The number of nitrogen functional groups attached to an aromatic ring is 1. The summed E-state index contributed by atoms with van der Waals surface area (Å²) in [4.78, 5) is 27.6. The van der Waals surface area contributed by atoms with E-state index in [0.717, 1.165) is 68.3 Å². The van der Waals surface area contributed by atoms with E-state index >= 15 is 0 Å². The van der Waals surface area contributed by atoms with E-state index in [1.807, 2.05) is 6.07 Å². The van der Waals surface area contributed by atoms with Gasteiger partial charge in [-0.3, -0.25) is 9.69 Å². The number of hydrogen-bond donors (Lipinski definition) is 2. The molecule has 1 aromatic carbocycles. The van der Waals surface area contributed by atoms with E-state index in [9.17, 15) is 4.79 Å². The van der Waals surface area contributed by atoms with Crippen molar-refractivity contribution < 1.29 is 4.79 Å². The summed E-state index contributed by atoms with van der Waals surface area (Å²) in [6.07, 6.45) is 3.26. The third-order valence-electron chi connectivity index (χ3n) is 5.90. The number of piperazine rings is 1. The van der Waals surface area contributed by atoms with Gasteiger partial charge in [0, 0.05) is 56.5 Å². The molecule has 1 aliphatic carbocycles. The van der Waals surface area contributed by atoms with Gasteiger partial charge in [-0.1, -0.05) is 23.5 Å². The van der Waals surface area contributed by atoms with Gasteiger partial charge >= 0.3 is 0 Å². The monoisotopic (exact) mass is 442 g/mol. The molecule has 9 heteroatoms. The number of fused-ring (bicyclic) bond motifs is 2. The molecule has 0 radical (unpaired) electrons. The minimum absolute atomic E-state index is 0.148. The molecule has 2 aliphatic rings. The number of aromatic nitrogens is 2. The van der Waals surface area contributed by atoms with Crippen LogP contribution in [0.2, 0.25) is 0 Å². The van der Waals surface area contributed by atoms with Gasteiger partial charge in [0.25, 0.3) is 0 Å². The van der Waals surface area contributed by atoms with Crippen LogP contribution in [0.25, 0.3) is 10.2 Å². The summed E-state index contributed by atoms with van der Waals surface area (Å²) in [5, 5.41) is 4.95. The number of aryl methyl sites for hydroxylation is 1. The molecule has 0 unspecified atom stereocenters. The highest BCUT2D eigenvalue weighted by Gasteiger charge is 2.24. The van der Waals surface area contributed by atoms with E-state index in [4.69, 9.17) is 10.7 Å². The molecular formula is C21H26N6OS2. The summed E-state index contributed by atoms with van der Waals surface area (Å²) in [5.41, 5.74) is 8.01. The van der Waals surface area contributed by atoms with Crippen LogP contribution in [-0.2, 0) is 17.6 Å². The molecule has 0 bridgehead atoms. The molecule has 3 heterocycles. The Balaban J connectivity index is 1.07. The molecule has 3 aromatic rings. The fourth-order valence-electron chi connectivity index (χ4n) is 4.24. The van der Waals surface area contributed by atoms with Gasteiger partial charge in [0.05, 0.1) is 15.9 Å². The lowest BCUT2D eigenvalue weighted by Gasteiger charge is -2.34. The number of rotatable bonds is 5. The van der Waals surface area contributed by atoms with Crippen LogP contribution in [0.1, 0.15) is 23.4 Å². The normalized spacial score (nSPS) is 19.7. The van der Waals surface area contributed by atoms with Crippen molar-refractivity contribution in [2.75, 3.05) is 43.4 Å². The third kappa shape index (κ3) is 4.28. The second-order valence-electron chi connectivity index (χ2n) is 7.97. The van der Waals surface area contributed by atoms with Crippen LogP contribution in [-0.4, -0.2) is 59.5 Å². The summed E-state index contributed by atoms with van der Waals surface area (Å²) in [6.45, 7) is 4.66. The van der Waals surface area contributed by atoms with Crippen molar-refractivity contribution in [3.63, 3.8) is 0 Å². The summed E-state index contributed by atoms with van der Waals surface area (Å²) in [6, 6.07) is 8.50. The molecule has 1 aliphatic heterocycles. The van der Waals surface area contributed by atoms with Gasteiger partial charge < -0.3 is 16.0 Å². The lowest BCUT2D eigenvalue weighted by molar-refractivity contribution is -0.122. The molecule has 7 nitrogen and oxygen atoms in total. The Morgan fingerprint density at radius 2 is 2.00 bits per heavy atom. The minimum atomic E-state index is 0.148. The van der Waals surface area contributed by atoms with Crippen molar-refractivity contribution in [2.45, 2.75) is 31.7 Å². The molecule has 1 fully saturated rings. The molecule has 1 saturated heterocycles. The quantitative estimate of drug-likeness (QED) is 0.631. The highest BCUT2D eigenvalue weighted by molar-refractivity contribution is 7.22. The lowest BCUT2D eigenvalue weighted by Crippen LogP contribution is -2.47. The maximum atomic E-state index is 12.5. The van der Waals surface area contributed by atoms with Crippen LogP contribution >= 0.6 is 22.7 Å². The fourth-order valence-corrected chi connectivity index (χ4v) is 6.21. The molecule has 1 amide bonds. The molecule has 0 saturated carbocycles. The molecule has 5 rings (SSSR count). The second-order valence-corrected chi connectivity index (χ2v) is 10.1. The van der Waals surface area contributed by atoms with Crippen LogP contribution in [0.5, 0.6) is 0 Å².